The highest BCUT2D eigenvalue weighted by atomic mass is 31.2. The average molecular weight is 436 g/mol. The maximum atomic E-state index is 13.2. The molecule has 0 fully saturated rings. The first kappa shape index (κ1) is 24.4. The number of rotatable bonds is 11. The number of fused-ring (bicyclic) bond motifs is 1. The van der Waals surface area contributed by atoms with E-state index in [2.05, 4.69) is 0 Å². The number of methoxy groups -OCH3 is 1. The Morgan fingerprint density at radius 3 is 2.13 bits per heavy atom. The first-order chi connectivity index (χ1) is 14.2. The Labute approximate surface area is 179 Å². The molecule has 0 saturated heterocycles. The lowest BCUT2D eigenvalue weighted by Gasteiger charge is -2.28. The van der Waals surface area contributed by atoms with Gasteiger partial charge < -0.3 is 18.5 Å². The fraction of sp³-hybridized carbons (Fsp3) is 0.522. The fourth-order valence-electron chi connectivity index (χ4n) is 3.22. The standard InChI is InChI=1S/C23H33O6P/c1-7-27-30(25,28-8-2)22(13-16(3)4)29-23(24)17(5)18-9-10-20-15-21(26-6)12-11-19(20)14-18/h9-12,14-17,22H,7-8,13H2,1-6H3/t17-,22+/m0/s1. The molecule has 0 aliphatic rings. The van der Waals surface area contributed by atoms with Gasteiger partial charge in [0, 0.05) is 0 Å². The van der Waals surface area contributed by atoms with E-state index in [-0.39, 0.29) is 19.1 Å². The number of carbonyl (C=O) groups excluding carboxylic acids is 1. The Balaban J connectivity index is 2.25. The van der Waals surface area contributed by atoms with E-state index in [1.807, 2.05) is 50.2 Å². The Morgan fingerprint density at radius 1 is 0.967 bits per heavy atom. The van der Waals surface area contributed by atoms with Gasteiger partial charge in [-0.2, -0.15) is 0 Å². The van der Waals surface area contributed by atoms with Gasteiger partial charge in [-0.05, 0) is 61.6 Å². The minimum absolute atomic E-state index is 0.156. The van der Waals surface area contributed by atoms with E-state index in [9.17, 15) is 9.36 Å². The normalized spacial score (nSPS) is 14.0. The number of esters is 1. The van der Waals surface area contributed by atoms with Crippen LogP contribution < -0.4 is 4.74 Å². The summed E-state index contributed by atoms with van der Waals surface area (Å²) in [5, 5.41) is 2.02. The van der Waals surface area contributed by atoms with Crippen LogP contribution >= 0.6 is 7.60 Å². The first-order valence-corrected chi connectivity index (χ1v) is 12.0. The molecule has 2 rings (SSSR count). The zero-order chi connectivity index (χ0) is 22.3. The molecule has 30 heavy (non-hydrogen) atoms. The first-order valence-electron chi connectivity index (χ1n) is 10.4. The zero-order valence-corrected chi connectivity index (χ0v) is 19.6. The largest absolute Gasteiger partial charge is 0.497 e. The predicted octanol–water partition coefficient (Wildman–Crippen LogP) is 6.13. The molecule has 0 bridgehead atoms. The van der Waals surface area contributed by atoms with Gasteiger partial charge in [0.1, 0.15) is 5.75 Å². The van der Waals surface area contributed by atoms with Crippen molar-refractivity contribution < 1.29 is 27.9 Å². The molecule has 7 heteroatoms. The highest BCUT2D eigenvalue weighted by Crippen LogP contribution is 2.55. The van der Waals surface area contributed by atoms with Gasteiger partial charge in [0.25, 0.3) is 0 Å². The summed E-state index contributed by atoms with van der Waals surface area (Å²) in [5.74, 6) is -0.974. The molecule has 2 atom stereocenters. The Kier molecular flexibility index (Phi) is 8.90. The third-order valence-electron chi connectivity index (χ3n) is 4.82. The molecule has 0 unspecified atom stereocenters. The van der Waals surface area contributed by atoms with E-state index >= 15 is 0 Å². The minimum Gasteiger partial charge on any atom is -0.497 e. The molecule has 2 aromatic rings. The molecule has 2 aromatic carbocycles. The quantitative estimate of drug-likeness (QED) is 0.312. The van der Waals surface area contributed by atoms with Crippen molar-refractivity contribution in [2.45, 2.75) is 52.8 Å². The van der Waals surface area contributed by atoms with Gasteiger partial charge in [0.15, 0.2) is 0 Å². The second kappa shape index (κ2) is 10.9. The molecule has 0 aromatic heterocycles. The monoisotopic (exact) mass is 436 g/mol. The summed E-state index contributed by atoms with van der Waals surface area (Å²) >= 11 is 0. The summed E-state index contributed by atoms with van der Waals surface area (Å²) in [7, 11) is -1.94. The molecular formula is C23H33O6P. The van der Waals surface area contributed by atoms with Gasteiger partial charge in [0.2, 0.25) is 5.85 Å². The molecule has 6 nitrogen and oxygen atoms in total. The van der Waals surface area contributed by atoms with Crippen molar-refractivity contribution in [3.63, 3.8) is 0 Å². The van der Waals surface area contributed by atoms with Crippen LogP contribution in [0.1, 0.15) is 52.5 Å². The molecule has 0 aliphatic heterocycles. The van der Waals surface area contributed by atoms with E-state index in [0.717, 1.165) is 22.1 Å². The van der Waals surface area contributed by atoms with Crippen molar-refractivity contribution >= 4 is 24.3 Å². The molecule has 166 valence electrons. The van der Waals surface area contributed by atoms with Crippen LogP contribution in [0.15, 0.2) is 36.4 Å². The summed E-state index contributed by atoms with van der Waals surface area (Å²) in [4.78, 5) is 13.0. The second-order valence-corrected chi connectivity index (χ2v) is 9.76. The Bertz CT molecular complexity index is 884. The van der Waals surface area contributed by atoms with E-state index in [0.29, 0.717) is 6.42 Å². The number of hydrogen-bond acceptors (Lipinski definition) is 6. The van der Waals surface area contributed by atoms with Crippen LogP contribution in [0.4, 0.5) is 0 Å². The second-order valence-electron chi connectivity index (χ2n) is 7.59. The minimum atomic E-state index is -3.57. The van der Waals surface area contributed by atoms with Crippen LogP contribution in [-0.4, -0.2) is 32.1 Å². The van der Waals surface area contributed by atoms with Crippen molar-refractivity contribution in [2.75, 3.05) is 20.3 Å². The third kappa shape index (κ3) is 6.07. The molecule has 0 amide bonds. The van der Waals surface area contributed by atoms with Crippen LogP contribution in [0.5, 0.6) is 5.75 Å². The predicted molar refractivity (Wildman–Crippen MR) is 119 cm³/mol. The smallest absolute Gasteiger partial charge is 0.370 e. The van der Waals surface area contributed by atoms with Crippen molar-refractivity contribution in [1.82, 2.24) is 0 Å². The molecule has 0 spiro atoms. The van der Waals surface area contributed by atoms with E-state index in [1.165, 1.54) is 0 Å². The number of benzene rings is 2. The van der Waals surface area contributed by atoms with Gasteiger partial charge in [-0.15, -0.1) is 0 Å². The summed E-state index contributed by atoms with van der Waals surface area (Å²) in [6, 6.07) is 11.6. The van der Waals surface area contributed by atoms with Gasteiger partial charge in [-0.3, -0.25) is 9.36 Å². The van der Waals surface area contributed by atoms with E-state index < -0.39 is 25.3 Å². The van der Waals surface area contributed by atoms with Crippen molar-refractivity contribution in [1.29, 1.82) is 0 Å². The summed E-state index contributed by atoms with van der Waals surface area (Å²) in [6.07, 6.45) is 0.396. The molecule has 0 heterocycles. The Morgan fingerprint density at radius 2 is 1.57 bits per heavy atom. The highest BCUT2D eigenvalue weighted by Gasteiger charge is 2.40. The lowest BCUT2D eigenvalue weighted by Crippen LogP contribution is -2.25. The van der Waals surface area contributed by atoms with Crippen molar-refractivity contribution in [3.8, 4) is 5.75 Å². The van der Waals surface area contributed by atoms with E-state index in [4.69, 9.17) is 18.5 Å². The summed E-state index contributed by atoms with van der Waals surface area (Å²) in [6.45, 7) is 9.65. The van der Waals surface area contributed by atoms with Crippen molar-refractivity contribution in [3.05, 3.63) is 42.0 Å². The van der Waals surface area contributed by atoms with Crippen LogP contribution in [-0.2, 0) is 23.1 Å². The maximum Gasteiger partial charge on any atom is 0.370 e. The fourth-order valence-corrected chi connectivity index (χ4v) is 5.26. The topological polar surface area (TPSA) is 71.1 Å². The Hall–Kier alpha value is -1.88. The number of hydrogen-bond donors (Lipinski definition) is 0. The van der Waals surface area contributed by atoms with Crippen LogP contribution in [0.3, 0.4) is 0 Å². The highest BCUT2D eigenvalue weighted by molar-refractivity contribution is 7.54. The lowest BCUT2D eigenvalue weighted by molar-refractivity contribution is -0.148. The van der Waals surface area contributed by atoms with Gasteiger partial charge in [-0.1, -0.05) is 38.1 Å². The average Bonchev–Trinajstić information content (AvgIpc) is 2.71. The third-order valence-corrected chi connectivity index (χ3v) is 7.08. The zero-order valence-electron chi connectivity index (χ0n) is 18.7. The molecule has 0 radical (unpaired) electrons. The van der Waals surface area contributed by atoms with Crippen LogP contribution in [0.2, 0.25) is 0 Å². The van der Waals surface area contributed by atoms with E-state index in [1.54, 1.807) is 27.9 Å². The number of carbonyl (C=O) groups is 1. The molecule has 0 aliphatic carbocycles. The van der Waals surface area contributed by atoms with Crippen LogP contribution in [0, 0.1) is 5.92 Å². The number of ether oxygens (including phenoxy) is 2. The lowest BCUT2D eigenvalue weighted by atomic mass is 9.98. The molecule has 0 saturated carbocycles. The van der Waals surface area contributed by atoms with Gasteiger partial charge in [0.05, 0.1) is 26.2 Å². The van der Waals surface area contributed by atoms with Crippen LogP contribution in [0.25, 0.3) is 10.8 Å². The maximum absolute atomic E-state index is 13.2. The molecule has 0 N–H and O–H groups in total. The van der Waals surface area contributed by atoms with Gasteiger partial charge >= 0.3 is 13.6 Å². The van der Waals surface area contributed by atoms with Crippen molar-refractivity contribution in [2.24, 2.45) is 5.92 Å². The van der Waals surface area contributed by atoms with Gasteiger partial charge in [-0.25, -0.2) is 0 Å². The SMILES string of the molecule is CCOP(=O)(OCC)[C@H](CC(C)C)OC(=O)[C@@H](C)c1ccc2cc(OC)ccc2c1. The molecular weight excluding hydrogens is 403 g/mol. The summed E-state index contributed by atoms with van der Waals surface area (Å²) in [5.41, 5.74) is 0.823. The summed E-state index contributed by atoms with van der Waals surface area (Å²) < 4.78 is 35.1.